The van der Waals surface area contributed by atoms with Crippen molar-refractivity contribution in [3.05, 3.63) is 35.4 Å². The summed E-state index contributed by atoms with van der Waals surface area (Å²) < 4.78 is 0. The molecule has 0 heterocycles. The lowest BCUT2D eigenvalue weighted by Gasteiger charge is -2.27. The van der Waals surface area contributed by atoms with Crippen molar-refractivity contribution in [1.29, 1.82) is 0 Å². The molecule has 1 aromatic rings. The summed E-state index contributed by atoms with van der Waals surface area (Å²) in [7, 11) is 0. The maximum absolute atomic E-state index is 12.1. The first-order chi connectivity index (χ1) is 9.33. The smallest absolute Gasteiger partial charge is 0.315 e. The van der Waals surface area contributed by atoms with Crippen LogP contribution in [0, 0.1) is 0 Å². The average molecular weight is 258 g/mol. The van der Waals surface area contributed by atoms with E-state index in [1.807, 2.05) is 0 Å². The zero-order valence-electron chi connectivity index (χ0n) is 11.3. The highest BCUT2D eigenvalue weighted by Crippen LogP contribution is 2.29. The van der Waals surface area contributed by atoms with Gasteiger partial charge in [-0.3, -0.25) is 0 Å². The highest BCUT2D eigenvalue weighted by molar-refractivity contribution is 5.75. The molecule has 1 atom stereocenters. The summed E-state index contributed by atoms with van der Waals surface area (Å²) in [4.78, 5) is 12.1. The van der Waals surface area contributed by atoms with Crippen LogP contribution in [-0.2, 0) is 6.42 Å². The number of aryl methyl sites for hydroxylation is 1. The first-order valence-corrected chi connectivity index (χ1v) is 7.48. The SMILES string of the molecule is O=C(NC1CCCC1)NC1CCCc2ccccc21. The molecule has 0 aliphatic heterocycles. The van der Waals surface area contributed by atoms with E-state index in [1.165, 1.54) is 24.0 Å². The molecule has 1 aromatic carbocycles. The normalized spacial score (nSPS) is 22.8. The van der Waals surface area contributed by atoms with E-state index in [4.69, 9.17) is 0 Å². The van der Waals surface area contributed by atoms with Gasteiger partial charge in [-0.05, 0) is 43.2 Å². The van der Waals surface area contributed by atoms with Crippen molar-refractivity contribution >= 4 is 6.03 Å². The van der Waals surface area contributed by atoms with Gasteiger partial charge in [0.25, 0.3) is 0 Å². The van der Waals surface area contributed by atoms with Crippen molar-refractivity contribution in [1.82, 2.24) is 10.6 Å². The first kappa shape index (κ1) is 12.5. The number of benzene rings is 1. The third-order valence-corrected chi connectivity index (χ3v) is 4.37. The van der Waals surface area contributed by atoms with Gasteiger partial charge in [-0.2, -0.15) is 0 Å². The third-order valence-electron chi connectivity index (χ3n) is 4.37. The number of hydrogen-bond acceptors (Lipinski definition) is 1. The molecular weight excluding hydrogens is 236 g/mol. The van der Waals surface area contributed by atoms with Gasteiger partial charge < -0.3 is 10.6 Å². The minimum atomic E-state index is 0.00797. The number of rotatable bonds is 2. The van der Waals surface area contributed by atoms with Crippen LogP contribution in [0.2, 0.25) is 0 Å². The molecule has 1 unspecified atom stereocenters. The zero-order chi connectivity index (χ0) is 13.1. The Kier molecular flexibility index (Phi) is 3.72. The number of nitrogens with one attached hydrogen (secondary N) is 2. The van der Waals surface area contributed by atoms with Crippen LogP contribution in [-0.4, -0.2) is 12.1 Å². The average Bonchev–Trinajstić information content (AvgIpc) is 2.92. The third kappa shape index (κ3) is 2.91. The van der Waals surface area contributed by atoms with Crippen LogP contribution in [0.1, 0.15) is 55.7 Å². The van der Waals surface area contributed by atoms with Crippen molar-refractivity contribution in [2.24, 2.45) is 0 Å². The molecule has 2 N–H and O–H groups in total. The number of hydrogen-bond donors (Lipinski definition) is 2. The molecule has 1 fully saturated rings. The van der Waals surface area contributed by atoms with Gasteiger partial charge in [0.1, 0.15) is 0 Å². The van der Waals surface area contributed by atoms with E-state index < -0.39 is 0 Å². The van der Waals surface area contributed by atoms with Gasteiger partial charge in [0.15, 0.2) is 0 Å². The number of amides is 2. The van der Waals surface area contributed by atoms with E-state index in [0.29, 0.717) is 6.04 Å². The summed E-state index contributed by atoms with van der Waals surface area (Å²) in [6, 6.07) is 9.06. The molecular formula is C16H22N2O. The molecule has 2 aliphatic rings. The van der Waals surface area contributed by atoms with Crippen LogP contribution in [0.25, 0.3) is 0 Å². The molecule has 0 saturated heterocycles. The van der Waals surface area contributed by atoms with Gasteiger partial charge in [-0.25, -0.2) is 4.79 Å². The van der Waals surface area contributed by atoms with Crippen molar-refractivity contribution in [3.63, 3.8) is 0 Å². The molecule has 0 spiro atoms. The van der Waals surface area contributed by atoms with Crippen LogP contribution < -0.4 is 10.6 Å². The number of carbonyl (C=O) groups excluding carboxylic acids is 1. The maximum atomic E-state index is 12.1. The highest BCUT2D eigenvalue weighted by Gasteiger charge is 2.23. The van der Waals surface area contributed by atoms with Crippen molar-refractivity contribution in [2.45, 2.75) is 57.0 Å². The highest BCUT2D eigenvalue weighted by atomic mass is 16.2. The summed E-state index contributed by atoms with van der Waals surface area (Å²) in [5.74, 6) is 0. The lowest BCUT2D eigenvalue weighted by Crippen LogP contribution is -2.43. The minimum Gasteiger partial charge on any atom is -0.335 e. The zero-order valence-corrected chi connectivity index (χ0v) is 11.3. The topological polar surface area (TPSA) is 41.1 Å². The van der Waals surface area contributed by atoms with Gasteiger partial charge in [0, 0.05) is 6.04 Å². The standard InChI is InChI=1S/C16H22N2O/c19-16(17-13-8-2-3-9-13)18-15-11-5-7-12-6-1-4-10-14(12)15/h1,4,6,10,13,15H,2-3,5,7-9,11H2,(H2,17,18,19). The Morgan fingerprint density at radius 2 is 1.79 bits per heavy atom. The molecule has 1 saturated carbocycles. The lowest BCUT2D eigenvalue weighted by atomic mass is 9.88. The van der Waals surface area contributed by atoms with Crippen molar-refractivity contribution in [2.75, 3.05) is 0 Å². The molecule has 2 amide bonds. The fraction of sp³-hybridized carbons (Fsp3) is 0.562. The predicted molar refractivity (Wildman–Crippen MR) is 76.0 cm³/mol. The van der Waals surface area contributed by atoms with Crippen LogP contribution in [0.3, 0.4) is 0 Å². The van der Waals surface area contributed by atoms with E-state index in [1.54, 1.807) is 0 Å². The van der Waals surface area contributed by atoms with Gasteiger partial charge >= 0.3 is 6.03 Å². The second-order valence-electron chi connectivity index (χ2n) is 5.74. The van der Waals surface area contributed by atoms with Crippen LogP contribution in [0.4, 0.5) is 4.79 Å². The number of urea groups is 1. The second kappa shape index (κ2) is 5.64. The summed E-state index contributed by atoms with van der Waals surface area (Å²) in [5, 5.41) is 6.26. The Bertz CT molecular complexity index is 452. The molecule has 0 radical (unpaired) electrons. The minimum absolute atomic E-state index is 0.00797. The van der Waals surface area contributed by atoms with Crippen LogP contribution in [0.5, 0.6) is 0 Å². The molecule has 0 aromatic heterocycles. The van der Waals surface area contributed by atoms with E-state index in [0.717, 1.165) is 32.1 Å². The van der Waals surface area contributed by atoms with Gasteiger partial charge in [0.2, 0.25) is 0 Å². The fourth-order valence-corrected chi connectivity index (χ4v) is 3.36. The number of fused-ring (bicyclic) bond motifs is 1. The quantitative estimate of drug-likeness (QED) is 0.839. The molecule has 2 aliphatic carbocycles. The molecule has 0 bridgehead atoms. The Labute approximate surface area is 114 Å². The molecule has 102 valence electrons. The molecule has 3 rings (SSSR count). The van der Waals surface area contributed by atoms with Crippen LogP contribution >= 0.6 is 0 Å². The van der Waals surface area contributed by atoms with E-state index in [-0.39, 0.29) is 12.1 Å². The Hall–Kier alpha value is -1.51. The monoisotopic (exact) mass is 258 g/mol. The van der Waals surface area contributed by atoms with Gasteiger partial charge in [-0.15, -0.1) is 0 Å². The largest absolute Gasteiger partial charge is 0.335 e. The molecule has 3 nitrogen and oxygen atoms in total. The summed E-state index contributed by atoms with van der Waals surface area (Å²) in [6.07, 6.45) is 8.11. The first-order valence-electron chi connectivity index (χ1n) is 7.48. The van der Waals surface area contributed by atoms with E-state index in [9.17, 15) is 4.79 Å². The van der Waals surface area contributed by atoms with E-state index in [2.05, 4.69) is 34.9 Å². The fourth-order valence-electron chi connectivity index (χ4n) is 3.36. The number of carbonyl (C=O) groups is 1. The summed E-state index contributed by atoms with van der Waals surface area (Å²) in [6.45, 7) is 0. The Balaban J connectivity index is 1.62. The van der Waals surface area contributed by atoms with Crippen LogP contribution in [0.15, 0.2) is 24.3 Å². The Morgan fingerprint density at radius 3 is 2.63 bits per heavy atom. The Morgan fingerprint density at radius 1 is 1.00 bits per heavy atom. The molecule has 3 heteroatoms. The predicted octanol–water partition coefficient (Wildman–Crippen LogP) is 3.31. The molecule has 19 heavy (non-hydrogen) atoms. The summed E-state index contributed by atoms with van der Waals surface area (Å²) >= 11 is 0. The summed E-state index contributed by atoms with van der Waals surface area (Å²) in [5.41, 5.74) is 2.69. The van der Waals surface area contributed by atoms with E-state index >= 15 is 0 Å². The van der Waals surface area contributed by atoms with Gasteiger partial charge in [-0.1, -0.05) is 37.1 Å². The van der Waals surface area contributed by atoms with Gasteiger partial charge in [0.05, 0.1) is 6.04 Å². The second-order valence-corrected chi connectivity index (χ2v) is 5.74. The van der Waals surface area contributed by atoms with Crippen molar-refractivity contribution in [3.8, 4) is 0 Å². The van der Waals surface area contributed by atoms with Crippen molar-refractivity contribution < 1.29 is 4.79 Å². The lowest BCUT2D eigenvalue weighted by molar-refractivity contribution is 0.231. The maximum Gasteiger partial charge on any atom is 0.315 e.